The van der Waals surface area contributed by atoms with Crippen molar-refractivity contribution in [1.82, 2.24) is 19.6 Å². The summed E-state index contributed by atoms with van der Waals surface area (Å²) in [6.45, 7) is 2.76. The Morgan fingerprint density at radius 1 is 1.50 bits per heavy atom. The van der Waals surface area contributed by atoms with Crippen LogP contribution in [0.25, 0.3) is 5.65 Å². The van der Waals surface area contributed by atoms with Crippen LogP contribution in [0.5, 0.6) is 0 Å². The minimum Gasteiger partial charge on any atom is -0.330 e. The number of hydrogen-bond acceptors (Lipinski definition) is 4. The highest BCUT2D eigenvalue weighted by atomic mass is 15.3. The summed E-state index contributed by atoms with van der Waals surface area (Å²) >= 11 is 0. The summed E-state index contributed by atoms with van der Waals surface area (Å²) in [5.74, 6) is 1.25. The van der Waals surface area contributed by atoms with Crippen molar-refractivity contribution in [3.05, 3.63) is 24.4 Å². The van der Waals surface area contributed by atoms with Gasteiger partial charge in [-0.15, -0.1) is 10.2 Å². The SMILES string of the molecule is CC(CCN)c1nnc2ccncn12. The second-order valence-corrected chi connectivity index (χ2v) is 3.35. The Labute approximate surface area is 82.0 Å². The van der Waals surface area contributed by atoms with Gasteiger partial charge in [-0.3, -0.25) is 4.40 Å². The van der Waals surface area contributed by atoms with Gasteiger partial charge >= 0.3 is 0 Å². The molecular weight excluding hydrogens is 178 g/mol. The van der Waals surface area contributed by atoms with Crippen molar-refractivity contribution >= 4 is 5.65 Å². The van der Waals surface area contributed by atoms with Gasteiger partial charge in [0.15, 0.2) is 5.65 Å². The molecular formula is C9H13N5. The van der Waals surface area contributed by atoms with E-state index in [1.165, 1.54) is 0 Å². The zero-order valence-electron chi connectivity index (χ0n) is 8.09. The lowest BCUT2D eigenvalue weighted by Gasteiger charge is -2.06. The van der Waals surface area contributed by atoms with Gasteiger partial charge in [-0.05, 0) is 13.0 Å². The molecule has 1 atom stereocenters. The molecule has 14 heavy (non-hydrogen) atoms. The highest BCUT2D eigenvalue weighted by Crippen LogP contribution is 2.16. The van der Waals surface area contributed by atoms with Crippen molar-refractivity contribution in [3.8, 4) is 0 Å². The van der Waals surface area contributed by atoms with E-state index in [1.807, 2.05) is 10.5 Å². The van der Waals surface area contributed by atoms with Crippen LogP contribution < -0.4 is 5.73 Å². The molecule has 1 unspecified atom stereocenters. The third-order valence-corrected chi connectivity index (χ3v) is 2.28. The normalized spacial score (nSPS) is 13.3. The van der Waals surface area contributed by atoms with Gasteiger partial charge in [-0.2, -0.15) is 0 Å². The Morgan fingerprint density at radius 2 is 2.36 bits per heavy atom. The van der Waals surface area contributed by atoms with E-state index in [-0.39, 0.29) is 0 Å². The zero-order valence-corrected chi connectivity index (χ0v) is 8.09. The molecule has 5 heteroatoms. The summed E-state index contributed by atoms with van der Waals surface area (Å²) in [6, 6.07) is 1.84. The van der Waals surface area contributed by atoms with Gasteiger partial charge < -0.3 is 5.73 Å². The summed E-state index contributed by atoms with van der Waals surface area (Å²) in [4.78, 5) is 4.04. The lowest BCUT2D eigenvalue weighted by atomic mass is 10.1. The van der Waals surface area contributed by atoms with Crippen LogP contribution >= 0.6 is 0 Å². The number of fused-ring (bicyclic) bond motifs is 1. The predicted octanol–water partition coefficient (Wildman–Crippen LogP) is 0.577. The Balaban J connectivity index is 2.42. The van der Waals surface area contributed by atoms with Crippen LogP contribution in [0.1, 0.15) is 25.1 Å². The molecule has 0 amide bonds. The maximum Gasteiger partial charge on any atom is 0.163 e. The van der Waals surface area contributed by atoms with Gasteiger partial charge in [0.05, 0.1) is 0 Å². The molecule has 0 saturated carbocycles. The molecule has 5 nitrogen and oxygen atoms in total. The molecule has 2 aromatic heterocycles. The number of nitrogens with zero attached hydrogens (tertiary/aromatic N) is 4. The molecule has 0 bridgehead atoms. The van der Waals surface area contributed by atoms with E-state index in [1.54, 1.807) is 12.5 Å². The molecule has 2 N–H and O–H groups in total. The summed E-state index contributed by atoms with van der Waals surface area (Å²) in [7, 11) is 0. The molecule has 2 heterocycles. The van der Waals surface area contributed by atoms with E-state index in [0.29, 0.717) is 12.5 Å². The van der Waals surface area contributed by atoms with Crippen LogP contribution in [-0.2, 0) is 0 Å². The van der Waals surface area contributed by atoms with E-state index < -0.39 is 0 Å². The van der Waals surface area contributed by atoms with E-state index in [2.05, 4.69) is 22.1 Å². The first kappa shape index (κ1) is 9.08. The smallest absolute Gasteiger partial charge is 0.163 e. The Morgan fingerprint density at radius 3 is 3.14 bits per heavy atom. The third kappa shape index (κ3) is 1.46. The van der Waals surface area contributed by atoms with Crippen molar-refractivity contribution in [2.75, 3.05) is 6.54 Å². The fourth-order valence-corrected chi connectivity index (χ4v) is 1.48. The van der Waals surface area contributed by atoms with Gasteiger partial charge in [0.2, 0.25) is 0 Å². The molecule has 74 valence electrons. The van der Waals surface area contributed by atoms with E-state index in [9.17, 15) is 0 Å². The lowest BCUT2D eigenvalue weighted by molar-refractivity contribution is 0.638. The number of rotatable bonds is 3. The third-order valence-electron chi connectivity index (χ3n) is 2.28. The van der Waals surface area contributed by atoms with E-state index in [4.69, 9.17) is 5.73 Å². The summed E-state index contributed by atoms with van der Waals surface area (Å²) < 4.78 is 1.90. The minimum atomic E-state index is 0.319. The highest BCUT2D eigenvalue weighted by Gasteiger charge is 2.11. The summed E-state index contributed by atoms with van der Waals surface area (Å²) in [5, 5.41) is 8.19. The molecule has 0 aliphatic heterocycles. The van der Waals surface area contributed by atoms with Crippen LogP contribution in [0.3, 0.4) is 0 Å². The number of nitrogens with two attached hydrogens (primary N) is 1. The Kier molecular flexibility index (Phi) is 2.41. The fourth-order valence-electron chi connectivity index (χ4n) is 1.48. The molecule has 0 fully saturated rings. The van der Waals surface area contributed by atoms with Crippen LogP contribution in [0.2, 0.25) is 0 Å². The standard InChI is InChI=1S/C9H13N5/c1-7(2-4-10)9-13-12-8-3-5-11-6-14(8)9/h3,5-7H,2,4,10H2,1H3. The molecule has 2 aromatic rings. The Hall–Kier alpha value is -1.49. The average molecular weight is 191 g/mol. The van der Waals surface area contributed by atoms with Crippen LogP contribution in [0.4, 0.5) is 0 Å². The predicted molar refractivity (Wildman–Crippen MR) is 52.9 cm³/mol. The molecule has 0 spiro atoms. The summed E-state index contributed by atoms with van der Waals surface area (Å²) in [6.07, 6.45) is 4.36. The monoisotopic (exact) mass is 191 g/mol. The first-order valence-corrected chi connectivity index (χ1v) is 4.67. The van der Waals surface area contributed by atoms with Gasteiger partial charge in [0.1, 0.15) is 12.2 Å². The van der Waals surface area contributed by atoms with Crippen molar-refractivity contribution in [2.45, 2.75) is 19.3 Å². The largest absolute Gasteiger partial charge is 0.330 e. The van der Waals surface area contributed by atoms with Crippen molar-refractivity contribution < 1.29 is 0 Å². The quantitative estimate of drug-likeness (QED) is 0.770. The second kappa shape index (κ2) is 3.71. The fraction of sp³-hybridized carbons (Fsp3) is 0.444. The van der Waals surface area contributed by atoms with E-state index in [0.717, 1.165) is 17.9 Å². The van der Waals surface area contributed by atoms with Gasteiger partial charge in [-0.1, -0.05) is 6.92 Å². The number of hydrogen-bond donors (Lipinski definition) is 1. The molecule has 0 aliphatic rings. The van der Waals surface area contributed by atoms with Gasteiger partial charge in [0, 0.05) is 18.2 Å². The molecule has 0 aliphatic carbocycles. The molecule has 2 rings (SSSR count). The van der Waals surface area contributed by atoms with Crippen LogP contribution in [-0.4, -0.2) is 26.1 Å². The molecule has 0 radical (unpaired) electrons. The average Bonchev–Trinajstić information content (AvgIpc) is 2.61. The second-order valence-electron chi connectivity index (χ2n) is 3.35. The first-order chi connectivity index (χ1) is 6.83. The zero-order chi connectivity index (χ0) is 9.97. The van der Waals surface area contributed by atoms with Gasteiger partial charge in [-0.25, -0.2) is 4.98 Å². The maximum absolute atomic E-state index is 5.51. The molecule has 0 saturated heterocycles. The van der Waals surface area contributed by atoms with E-state index >= 15 is 0 Å². The minimum absolute atomic E-state index is 0.319. The van der Waals surface area contributed by atoms with Gasteiger partial charge in [0.25, 0.3) is 0 Å². The molecule has 0 aromatic carbocycles. The maximum atomic E-state index is 5.51. The first-order valence-electron chi connectivity index (χ1n) is 4.67. The Bertz CT molecular complexity index is 422. The number of aromatic nitrogens is 4. The van der Waals surface area contributed by atoms with Crippen molar-refractivity contribution in [1.29, 1.82) is 0 Å². The van der Waals surface area contributed by atoms with Crippen LogP contribution in [0.15, 0.2) is 18.6 Å². The summed E-state index contributed by atoms with van der Waals surface area (Å²) in [5.41, 5.74) is 6.34. The van der Waals surface area contributed by atoms with Crippen molar-refractivity contribution in [3.63, 3.8) is 0 Å². The topological polar surface area (TPSA) is 69.1 Å². The lowest BCUT2D eigenvalue weighted by Crippen LogP contribution is -2.07. The van der Waals surface area contributed by atoms with Crippen molar-refractivity contribution in [2.24, 2.45) is 5.73 Å². The highest BCUT2D eigenvalue weighted by molar-refractivity contribution is 5.35. The van der Waals surface area contributed by atoms with Crippen LogP contribution in [0, 0.1) is 0 Å².